The lowest BCUT2D eigenvalue weighted by atomic mass is 10.1. The third-order valence-corrected chi connectivity index (χ3v) is 7.09. The van der Waals surface area contributed by atoms with Crippen LogP contribution in [0.3, 0.4) is 0 Å². The first-order valence-corrected chi connectivity index (χ1v) is 12.6. The minimum absolute atomic E-state index is 0.0815. The van der Waals surface area contributed by atoms with Gasteiger partial charge in [-0.25, -0.2) is 4.98 Å². The number of carbonyl (C=O) groups is 1. The van der Waals surface area contributed by atoms with Crippen molar-refractivity contribution >= 4 is 39.2 Å². The summed E-state index contributed by atoms with van der Waals surface area (Å²) in [4.78, 5) is 31.2. The second kappa shape index (κ2) is 10.6. The van der Waals surface area contributed by atoms with E-state index in [0.29, 0.717) is 28.5 Å². The Bertz CT molecular complexity index is 1330. The van der Waals surface area contributed by atoms with Gasteiger partial charge in [0.1, 0.15) is 4.83 Å². The molecule has 0 saturated carbocycles. The number of benzene rings is 2. The van der Waals surface area contributed by atoms with Gasteiger partial charge >= 0.3 is 0 Å². The van der Waals surface area contributed by atoms with Crippen molar-refractivity contribution in [3.05, 3.63) is 94.1 Å². The first-order valence-electron chi connectivity index (χ1n) is 10.7. The number of fused-ring (bicyclic) bond motifs is 1. The molecule has 0 aliphatic rings. The normalized spacial score (nSPS) is 10.9. The van der Waals surface area contributed by atoms with E-state index < -0.39 is 0 Å². The largest absolute Gasteiger partial charge is 0.355 e. The van der Waals surface area contributed by atoms with Crippen LogP contribution in [-0.4, -0.2) is 27.8 Å². The summed E-state index contributed by atoms with van der Waals surface area (Å²) in [5.74, 6) is 0.113. The lowest BCUT2D eigenvalue weighted by Gasteiger charge is -2.11. The van der Waals surface area contributed by atoms with E-state index in [1.807, 2.05) is 66.9 Å². The molecular formula is C26H25N3O2S2. The molecule has 0 spiro atoms. The molecule has 1 amide bonds. The third-order valence-electron chi connectivity index (χ3n) is 5.24. The zero-order valence-corrected chi connectivity index (χ0v) is 20.0. The summed E-state index contributed by atoms with van der Waals surface area (Å²) in [7, 11) is 0. The molecule has 7 heteroatoms. The molecule has 0 bridgehead atoms. The number of thioether (sulfide) groups is 1. The summed E-state index contributed by atoms with van der Waals surface area (Å²) in [5.41, 5.74) is 4.12. The van der Waals surface area contributed by atoms with Gasteiger partial charge in [-0.15, -0.1) is 17.9 Å². The van der Waals surface area contributed by atoms with E-state index in [-0.39, 0.29) is 17.2 Å². The van der Waals surface area contributed by atoms with Crippen LogP contribution in [-0.2, 0) is 17.8 Å². The maximum atomic E-state index is 13.4. The smallest absolute Gasteiger partial charge is 0.263 e. The molecule has 1 N–H and O–H groups in total. The van der Waals surface area contributed by atoms with Crippen molar-refractivity contribution in [1.29, 1.82) is 0 Å². The van der Waals surface area contributed by atoms with E-state index >= 15 is 0 Å². The van der Waals surface area contributed by atoms with Crippen molar-refractivity contribution in [3.8, 4) is 11.1 Å². The lowest BCUT2D eigenvalue weighted by molar-refractivity contribution is -0.118. The Morgan fingerprint density at radius 2 is 1.94 bits per heavy atom. The van der Waals surface area contributed by atoms with E-state index in [2.05, 4.69) is 11.9 Å². The van der Waals surface area contributed by atoms with Crippen molar-refractivity contribution in [2.75, 3.05) is 12.3 Å². The molecule has 0 fully saturated rings. The van der Waals surface area contributed by atoms with Gasteiger partial charge in [0.25, 0.3) is 5.56 Å². The molecule has 0 aliphatic carbocycles. The highest BCUT2D eigenvalue weighted by Crippen LogP contribution is 2.32. The van der Waals surface area contributed by atoms with Gasteiger partial charge in [0.05, 0.1) is 11.1 Å². The zero-order chi connectivity index (χ0) is 23.2. The van der Waals surface area contributed by atoms with Gasteiger partial charge in [0, 0.05) is 24.0 Å². The molecule has 33 heavy (non-hydrogen) atoms. The van der Waals surface area contributed by atoms with Crippen molar-refractivity contribution in [2.24, 2.45) is 0 Å². The van der Waals surface area contributed by atoms with Crippen molar-refractivity contribution in [1.82, 2.24) is 14.9 Å². The van der Waals surface area contributed by atoms with Crippen molar-refractivity contribution in [3.63, 3.8) is 0 Å². The minimum atomic E-state index is -0.108. The van der Waals surface area contributed by atoms with Crippen LogP contribution in [0, 0.1) is 6.92 Å². The highest BCUT2D eigenvalue weighted by molar-refractivity contribution is 7.99. The van der Waals surface area contributed by atoms with Crippen LogP contribution in [0.25, 0.3) is 21.3 Å². The Morgan fingerprint density at radius 1 is 1.18 bits per heavy atom. The van der Waals surface area contributed by atoms with Gasteiger partial charge in [-0.1, -0.05) is 78.0 Å². The summed E-state index contributed by atoms with van der Waals surface area (Å²) in [5, 5.41) is 6.06. The number of aryl methyl sites for hydroxylation is 1. The number of rotatable bonds is 9. The van der Waals surface area contributed by atoms with Gasteiger partial charge in [0.15, 0.2) is 5.16 Å². The average molecular weight is 476 g/mol. The topological polar surface area (TPSA) is 64.0 Å². The lowest BCUT2D eigenvalue weighted by Crippen LogP contribution is -2.28. The summed E-state index contributed by atoms with van der Waals surface area (Å²) < 4.78 is 1.60. The summed E-state index contributed by atoms with van der Waals surface area (Å²) >= 11 is 2.73. The molecule has 0 saturated heterocycles. The van der Waals surface area contributed by atoms with Gasteiger partial charge in [-0.2, -0.15) is 0 Å². The molecule has 4 rings (SSSR count). The quantitative estimate of drug-likeness (QED) is 0.209. The van der Waals surface area contributed by atoms with Crippen LogP contribution < -0.4 is 10.9 Å². The number of carbonyl (C=O) groups excluding carboxylic acids is 1. The Balaban J connectivity index is 1.52. The second-order valence-electron chi connectivity index (χ2n) is 7.67. The van der Waals surface area contributed by atoms with Crippen molar-refractivity contribution < 1.29 is 4.79 Å². The first-order chi connectivity index (χ1) is 16.1. The van der Waals surface area contributed by atoms with Crippen LogP contribution in [0.5, 0.6) is 0 Å². The highest BCUT2D eigenvalue weighted by atomic mass is 32.2. The van der Waals surface area contributed by atoms with Gasteiger partial charge in [0.2, 0.25) is 5.91 Å². The average Bonchev–Trinajstić information content (AvgIpc) is 3.25. The predicted molar refractivity (Wildman–Crippen MR) is 138 cm³/mol. The van der Waals surface area contributed by atoms with Crippen LogP contribution >= 0.6 is 23.1 Å². The molecule has 168 valence electrons. The monoisotopic (exact) mass is 475 g/mol. The predicted octanol–water partition coefficient (Wildman–Crippen LogP) is 5.07. The van der Waals surface area contributed by atoms with Crippen molar-refractivity contribution in [2.45, 2.75) is 25.0 Å². The maximum Gasteiger partial charge on any atom is 0.263 e. The minimum Gasteiger partial charge on any atom is -0.355 e. The van der Waals surface area contributed by atoms with E-state index in [9.17, 15) is 9.59 Å². The van der Waals surface area contributed by atoms with Crippen LogP contribution in [0.4, 0.5) is 0 Å². The maximum absolute atomic E-state index is 13.4. The number of hydrogen-bond acceptors (Lipinski definition) is 5. The molecule has 2 aromatic carbocycles. The van der Waals surface area contributed by atoms with Crippen LogP contribution in [0.15, 0.2) is 82.6 Å². The number of amides is 1. The summed E-state index contributed by atoms with van der Waals surface area (Å²) in [6, 6.07) is 18.2. The molecular weight excluding hydrogens is 450 g/mol. The van der Waals surface area contributed by atoms with Crippen LogP contribution in [0.2, 0.25) is 0 Å². The van der Waals surface area contributed by atoms with Gasteiger partial charge in [-0.3, -0.25) is 14.2 Å². The summed E-state index contributed by atoms with van der Waals surface area (Å²) in [6.45, 7) is 6.73. The molecule has 0 atom stereocenters. The Morgan fingerprint density at radius 3 is 2.67 bits per heavy atom. The number of hydrogen-bond donors (Lipinski definition) is 1. The fourth-order valence-corrected chi connectivity index (χ4v) is 5.35. The number of aromatic nitrogens is 2. The van der Waals surface area contributed by atoms with E-state index in [0.717, 1.165) is 17.5 Å². The molecule has 2 aromatic heterocycles. The summed E-state index contributed by atoms with van der Waals surface area (Å²) in [6.07, 6.45) is 2.45. The molecule has 0 radical (unpaired) electrons. The Labute approximate surface area is 201 Å². The third kappa shape index (κ3) is 5.43. The zero-order valence-electron chi connectivity index (χ0n) is 18.4. The Kier molecular flexibility index (Phi) is 7.42. The molecule has 0 unspecified atom stereocenters. The van der Waals surface area contributed by atoms with E-state index in [4.69, 9.17) is 4.98 Å². The van der Waals surface area contributed by atoms with Gasteiger partial charge in [-0.05, 0) is 24.5 Å². The number of nitrogens with one attached hydrogen (secondary N) is 1. The van der Waals surface area contributed by atoms with E-state index in [1.165, 1.54) is 34.2 Å². The van der Waals surface area contributed by atoms with Crippen LogP contribution in [0.1, 0.15) is 11.1 Å². The molecule has 4 aromatic rings. The second-order valence-corrected chi connectivity index (χ2v) is 9.47. The number of thiophene rings is 1. The Hall–Kier alpha value is -3.16. The van der Waals surface area contributed by atoms with Gasteiger partial charge < -0.3 is 5.32 Å². The fraction of sp³-hybridized carbons (Fsp3) is 0.192. The SMILES string of the molecule is C=CCn1c(SCC(=O)NCCc2ccccc2)nc2scc(-c3ccc(C)cc3)c2c1=O. The highest BCUT2D eigenvalue weighted by Gasteiger charge is 2.17. The fourth-order valence-electron chi connectivity index (χ4n) is 3.52. The number of nitrogens with zero attached hydrogens (tertiary/aromatic N) is 2. The number of allylic oxidation sites excluding steroid dienone is 1. The molecule has 0 aliphatic heterocycles. The molecule has 2 heterocycles. The standard InChI is InChI=1S/C26H25N3O2S2/c1-3-15-29-25(31)23-21(20-11-9-18(2)10-12-20)16-32-24(23)28-26(29)33-17-22(30)27-14-13-19-7-5-4-6-8-19/h3-12,16H,1,13-15,17H2,2H3,(H,27,30). The van der Waals surface area contributed by atoms with E-state index in [1.54, 1.807) is 10.6 Å². The molecule has 5 nitrogen and oxygen atoms in total. The first kappa shape index (κ1) is 23.0.